The number of ether oxygens (including phenoxy) is 2. The fraction of sp³-hybridized carbons (Fsp3) is 0.176. The Morgan fingerprint density at radius 2 is 1.47 bits per heavy atom. The van der Waals surface area contributed by atoms with E-state index in [1.165, 1.54) is 0 Å². The highest BCUT2D eigenvalue weighted by Gasteiger charge is 1.97. The zero-order valence-corrected chi connectivity index (χ0v) is 10.9. The van der Waals surface area contributed by atoms with Crippen LogP contribution in [0.2, 0.25) is 0 Å². The van der Waals surface area contributed by atoms with Crippen molar-refractivity contribution in [3.05, 3.63) is 59.7 Å². The zero-order chi connectivity index (χ0) is 13.5. The molecular formula is C17H16O2. The molecule has 0 radical (unpaired) electrons. The van der Waals surface area contributed by atoms with Crippen molar-refractivity contribution in [1.29, 1.82) is 0 Å². The summed E-state index contributed by atoms with van der Waals surface area (Å²) in [6, 6.07) is 15.7. The highest BCUT2D eigenvalue weighted by Crippen LogP contribution is 2.16. The van der Waals surface area contributed by atoms with E-state index in [1.54, 1.807) is 7.11 Å². The molecule has 0 aromatic heterocycles. The summed E-state index contributed by atoms with van der Waals surface area (Å²) < 4.78 is 10.8. The summed E-state index contributed by atoms with van der Waals surface area (Å²) >= 11 is 0. The van der Waals surface area contributed by atoms with Gasteiger partial charge in [-0.1, -0.05) is 24.3 Å². The van der Waals surface area contributed by atoms with Crippen LogP contribution in [0.25, 0.3) is 0 Å². The van der Waals surface area contributed by atoms with E-state index in [4.69, 9.17) is 15.9 Å². The second-order valence-corrected chi connectivity index (χ2v) is 4.16. The summed E-state index contributed by atoms with van der Waals surface area (Å²) in [4.78, 5) is 0. The van der Waals surface area contributed by atoms with E-state index in [2.05, 4.69) is 5.92 Å². The largest absolute Gasteiger partial charge is 0.497 e. The molecule has 19 heavy (non-hydrogen) atoms. The molecule has 2 rings (SSSR count). The first-order valence-corrected chi connectivity index (χ1v) is 6.10. The third kappa shape index (κ3) is 3.79. The molecule has 0 heterocycles. The SMILES string of the molecule is C#CCc1ccc(OCc2ccc(OC)cc2)cc1. The summed E-state index contributed by atoms with van der Waals surface area (Å²) in [6.07, 6.45) is 5.92. The molecule has 0 bridgehead atoms. The number of terminal acetylenes is 1. The van der Waals surface area contributed by atoms with E-state index >= 15 is 0 Å². The minimum atomic E-state index is 0.540. The molecule has 2 aromatic rings. The van der Waals surface area contributed by atoms with Crippen molar-refractivity contribution in [2.45, 2.75) is 13.0 Å². The summed E-state index contributed by atoms with van der Waals surface area (Å²) in [5.41, 5.74) is 2.23. The molecule has 0 atom stereocenters. The Morgan fingerprint density at radius 1 is 0.895 bits per heavy atom. The lowest BCUT2D eigenvalue weighted by molar-refractivity contribution is 0.306. The molecule has 0 spiro atoms. The van der Waals surface area contributed by atoms with Crippen molar-refractivity contribution in [2.24, 2.45) is 0 Å². The van der Waals surface area contributed by atoms with Gasteiger partial charge in [-0.2, -0.15) is 0 Å². The smallest absolute Gasteiger partial charge is 0.119 e. The summed E-state index contributed by atoms with van der Waals surface area (Å²) in [5.74, 6) is 4.31. The number of methoxy groups -OCH3 is 1. The molecule has 0 unspecified atom stereocenters. The van der Waals surface area contributed by atoms with Crippen LogP contribution in [-0.2, 0) is 13.0 Å². The van der Waals surface area contributed by atoms with Crippen molar-refractivity contribution >= 4 is 0 Å². The third-order valence-corrected chi connectivity index (χ3v) is 2.79. The van der Waals surface area contributed by atoms with Crippen LogP contribution in [0.1, 0.15) is 11.1 Å². The fourth-order valence-electron chi connectivity index (χ4n) is 1.71. The second kappa shape index (κ2) is 6.51. The lowest BCUT2D eigenvalue weighted by atomic mass is 10.1. The van der Waals surface area contributed by atoms with Crippen LogP contribution < -0.4 is 9.47 Å². The Morgan fingerprint density at radius 3 is 2.05 bits per heavy atom. The minimum absolute atomic E-state index is 0.540. The van der Waals surface area contributed by atoms with E-state index in [9.17, 15) is 0 Å². The van der Waals surface area contributed by atoms with E-state index in [0.29, 0.717) is 13.0 Å². The van der Waals surface area contributed by atoms with Gasteiger partial charge in [-0.25, -0.2) is 0 Å². The Hall–Kier alpha value is -2.40. The second-order valence-electron chi connectivity index (χ2n) is 4.16. The van der Waals surface area contributed by atoms with Crippen molar-refractivity contribution in [3.8, 4) is 23.8 Å². The van der Waals surface area contributed by atoms with Gasteiger partial charge in [0, 0.05) is 6.42 Å². The summed E-state index contributed by atoms with van der Waals surface area (Å²) in [7, 11) is 1.66. The van der Waals surface area contributed by atoms with E-state index < -0.39 is 0 Å². The Balaban J connectivity index is 1.92. The molecule has 2 aromatic carbocycles. The van der Waals surface area contributed by atoms with Crippen LogP contribution in [0, 0.1) is 12.3 Å². The van der Waals surface area contributed by atoms with Crippen LogP contribution >= 0.6 is 0 Å². The van der Waals surface area contributed by atoms with Crippen molar-refractivity contribution in [3.63, 3.8) is 0 Å². The van der Waals surface area contributed by atoms with E-state index in [1.807, 2.05) is 48.5 Å². The van der Waals surface area contributed by atoms with Gasteiger partial charge in [0.15, 0.2) is 0 Å². The average Bonchev–Trinajstić information content (AvgIpc) is 2.47. The molecule has 0 aliphatic rings. The molecule has 0 N–H and O–H groups in total. The summed E-state index contributed by atoms with van der Waals surface area (Å²) in [6.45, 7) is 0.540. The van der Waals surface area contributed by atoms with Crippen molar-refractivity contribution < 1.29 is 9.47 Å². The molecule has 2 nitrogen and oxygen atoms in total. The molecule has 0 saturated heterocycles. The Bertz CT molecular complexity index is 547. The number of benzene rings is 2. The van der Waals surface area contributed by atoms with Gasteiger partial charge in [-0.05, 0) is 35.4 Å². The van der Waals surface area contributed by atoms with E-state index in [0.717, 1.165) is 22.6 Å². The number of hydrogen-bond acceptors (Lipinski definition) is 2. The van der Waals surface area contributed by atoms with Gasteiger partial charge in [-0.15, -0.1) is 12.3 Å². The minimum Gasteiger partial charge on any atom is -0.497 e. The molecule has 2 heteroatoms. The average molecular weight is 252 g/mol. The highest BCUT2D eigenvalue weighted by atomic mass is 16.5. The normalized spacial score (nSPS) is 9.68. The maximum atomic E-state index is 5.71. The highest BCUT2D eigenvalue weighted by molar-refractivity contribution is 5.30. The third-order valence-electron chi connectivity index (χ3n) is 2.79. The standard InChI is InChI=1S/C17H16O2/c1-3-4-14-5-11-17(12-6-14)19-13-15-7-9-16(18-2)10-8-15/h1,5-12H,4,13H2,2H3. The fourth-order valence-corrected chi connectivity index (χ4v) is 1.71. The maximum absolute atomic E-state index is 5.71. The van der Waals surface area contributed by atoms with Gasteiger partial charge < -0.3 is 9.47 Å². The van der Waals surface area contributed by atoms with Crippen LogP contribution in [0.3, 0.4) is 0 Å². The molecule has 0 amide bonds. The van der Waals surface area contributed by atoms with Crippen LogP contribution in [0.4, 0.5) is 0 Å². The van der Waals surface area contributed by atoms with Crippen LogP contribution in [0.15, 0.2) is 48.5 Å². The Kier molecular flexibility index (Phi) is 4.47. The number of rotatable bonds is 5. The first-order chi connectivity index (χ1) is 9.31. The van der Waals surface area contributed by atoms with Gasteiger partial charge in [0.2, 0.25) is 0 Å². The zero-order valence-electron chi connectivity index (χ0n) is 10.9. The predicted molar refractivity (Wildman–Crippen MR) is 76.3 cm³/mol. The summed E-state index contributed by atoms with van der Waals surface area (Å²) in [5, 5.41) is 0. The monoisotopic (exact) mass is 252 g/mol. The maximum Gasteiger partial charge on any atom is 0.119 e. The quantitative estimate of drug-likeness (QED) is 0.759. The van der Waals surface area contributed by atoms with Gasteiger partial charge >= 0.3 is 0 Å². The Labute approximate surface area is 114 Å². The van der Waals surface area contributed by atoms with Crippen molar-refractivity contribution in [1.82, 2.24) is 0 Å². The lowest BCUT2D eigenvalue weighted by Crippen LogP contribution is -1.95. The first kappa shape index (κ1) is 13.0. The van der Waals surface area contributed by atoms with Gasteiger partial charge in [0.25, 0.3) is 0 Å². The molecule has 0 fully saturated rings. The lowest BCUT2D eigenvalue weighted by Gasteiger charge is -2.07. The molecule has 0 aliphatic heterocycles. The predicted octanol–water partition coefficient (Wildman–Crippen LogP) is 3.45. The van der Waals surface area contributed by atoms with Crippen LogP contribution in [-0.4, -0.2) is 7.11 Å². The molecule has 0 aliphatic carbocycles. The first-order valence-electron chi connectivity index (χ1n) is 6.10. The van der Waals surface area contributed by atoms with Crippen molar-refractivity contribution in [2.75, 3.05) is 7.11 Å². The molecule has 0 saturated carbocycles. The molecular weight excluding hydrogens is 236 g/mol. The van der Waals surface area contributed by atoms with Gasteiger partial charge in [-0.3, -0.25) is 0 Å². The van der Waals surface area contributed by atoms with Crippen LogP contribution in [0.5, 0.6) is 11.5 Å². The topological polar surface area (TPSA) is 18.5 Å². The van der Waals surface area contributed by atoms with Gasteiger partial charge in [0.1, 0.15) is 18.1 Å². The molecule has 96 valence electrons. The van der Waals surface area contributed by atoms with E-state index in [-0.39, 0.29) is 0 Å². The van der Waals surface area contributed by atoms with Gasteiger partial charge in [0.05, 0.1) is 7.11 Å². The number of hydrogen-bond donors (Lipinski definition) is 0.